The fraction of sp³-hybridized carbons (Fsp3) is 0.367. The first-order chi connectivity index (χ1) is 21.0. The van der Waals surface area contributed by atoms with Crippen LogP contribution in [-0.2, 0) is 32.0 Å². The number of nitrogens with one attached hydrogen (secondary N) is 4. The SMILES string of the molecule is CC(O)C(N)C(=O)NC(CCCN=C(N)N)C(=O)NC(Cc1c[nH]c2ccccc12)C(=O)NC(Cc1ccccc1)C(=O)O. The van der Waals surface area contributed by atoms with Crippen LogP contribution in [0.1, 0.15) is 30.9 Å². The van der Waals surface area contributed by atoms with Gasteiger partial charge in [0.05, 0.1) is 6.10 Å². The third-order valence-electron chi connectivity index (χ3n) is 7.03. The van der Waals surface area contributed by atoms with Crippen LogP contribution in [0, 0.1) is 0 Å². The number of para-hydroxylation sites is 1. The van der Waals surface area contributed by atoms with Gasteiger partial charge in [-0.3, -0.25) is 19.4 Å². The summed E-state index contributed by atoms with van der Waals surface area (Å²) in [5.41, 5.74) is 18.8. The van der Waals surface area contributed by atoms with Gasteiger partial charge in [0.1, 0.15) is 24.2 Å². The number of hydrogen-bond acceptors (Lipinski definition) is 7. The molecule has 0 aliphatic rings. The lowest BCUT2D eigenvalue weighted by Crippen LogP contribution is -2.58. The zero-order valence-electron chi connectivity index (χ0n) is 24.4. The number of benzene rings is 2. The quantitative estimate of drug-likeness (QED) is 0.0563. The number of aliphatic hydroxyl groups excluding tert-OH is 1. The Bertz CT molecular complexity index is 1450. The number of aliphatic hydroxyl groups is 1. The Balaban J connectivity index is 1.87. The lowest BCUT2D eigenvalue weighted by atomic mass is 10.0. The van der Waals surface area contributed by atoms with E-state index < -0.39 is 54.0 Å². The lowest BCUT2D eigenvalue weighted by molar-refractivity contribution is -0.142. The van der Waals surface area contributed by atoms with Crippen LogP contribution in [0.4, 0.5) is 0 Å². The molecule has 0 saturated heterocycles. The zero-order valence-corrected chi connectivity index (χ0v) is 24.4. The molecule has 0 spiro atoms. The summed E-state index contributed by atoms with van der Waals surface area (Å²) in [6, 6.07) is 11.3. The minimum Gasteiger partial charge on any atom is -0.480 e. The smallest absolute Gasteiger partial charge is 0.326 e. The van der Waals surface area contributed by atoms with Gasteiger partial charge < -0.3 is 48.3 Å². The number of hydrogen-bond donors (Lipinski definition) is 9. The van der Waals surface area contributed by atoms with Crippen molar-refractivity contribution in [3.8, 4) is 0 Å². The normalized spacial score (nSPS) is 14.4. The summed E-state index contributed by atoms with van der Waals surface area (Å²) in [4.78, 5) is 59.0. The third-order valence-corrected chi connectivity index (χ3v) is 7.03. The van der Waals surface area contributed by atoms with Crippen LogP contribution in [0.2, 0.25) is 0 Å². The fourth-order valence-electron chi connectivity index (χ4n) is 4.58. The summed E-state index contributed by atoms with van der Waals surface area (Å²) in [5, 5.41) is 28.2. The van der Waals surface area contributed by atoms with E-state index in [4.69, 9.17) is 17.2 Å². The molecule has 0 bridgehead atoms. The highest BCUT2D eigenvalue weighted by atomic mass is 16.4. The van der Waals surface area contributed by atoms with Crippen molar-refractivity contribution in [3.05, 3.63) is 71.9 Å². The highest BCUT2D eigenvalue weighted by Gasteiger charge is 2.31. The second-order valence-electron chi connectivity index (χ2n) is 10.5. The van der Waals surface area contributed by atoms with Crippen molar-refractivity contribution < 1.29 is 29.4 Å². The van der Waals surface area contributed by atoms with E-state index in [2.05, 4.69) is 25.9 Å². The van der Waals surface area contributed by atoms with E-state index in [1.165, 1.54) is 6.92 Å². The molecule has 0 saturated carbocycles. The van der Waals surface area contributed by atoms with Gasteiger partial charge in [0.25, 0.3) is 0 Å². The molecule has 44 heavy (non-hydrogen) atoms. The van der Waals surface area contributed by atoms with Gasteiger partial charge >= 0.3 is 5.97 Å². The number of guanidine groups is 1. The first kappa shape index (κ1) is 33.6. The number of carbonyl (C=O) groups is 4. The third kappa shape index (κ3) is 9.81. The molecule has 0 aliphatic heterocycles. The zero-order chi connectivity index (χ0) is 32.2. The largest absolute Gasteiger partial charge is 0.480 e. The molecule has 2 aromatic carbocycles. The number of aromatic nitrogens is 1. The predicted octanol–water partition coefficient (Wildman–Crippen LogP) is -0.746. The molecule has 1 heterocycles. The molecule has 5 atom stereocenters. The Labute approximate surface area is 254 Å². The van der Waals surface area contributed by atoms with Gasteiger partial charge in [-0.15, -0.1) is 0 Å². The molecule has 3 amide bonds. The number of aliphatic imine (C=N–C) groups is 1. The molecular formula is C30H40N8O6. The number of carbonyl (C=O) groups excluding carboxylic acids is 3. The van der Waals surface area contributed by atoms with Gasteiger partial charge in [-0.05, 0) is 37.0 Å². The Morgan fingerprint density at radius 2 is 1.48 bits per heavy atom. The maximum Gasteiger partial charge on any atom is 0.326 e. The molecule has 1 aromatic heterocycles. The molecule has 14 heteroatoms. The van der Waals surface area contributed by atoms with Gasteiger partial charge in [0.15, 0.2) is 5.96 Å². The molecule has 5 unspecified atom stereocenters. The van der Waals surface area contributed by atoms with Crippen molar-refractivity contribution in [2.45, 2.75) is 62.9 Å². The number of amides is 3. The van der Waals surface area contributed by atoms with Crippen LogP contribution >= 0.6 is 0 Å². The van der Waals surface area contributed by atoms with Crippen molar-refractivity contribution in [1.82, 2.24) is 20.9 Å². The van der Waals surface area contributed by atoms with Crippen molar-refractivity contribution in [3.63, 3.8) is 0 Å². The average molecular weight is 609 g/mol. The fourth-order valence-corrected chi connectivity index (χ4v) is 4.58. The summed E-state index contributed by atoms with van der Waals surface area (Å²) in [7, 11) is 0. The first-order valence-corrected chi connectivity index (χ1v) is 14.2. The van der Waals surface area contributed by atoms with Gasteiger partial charge in [-0.2, -0.15) is 0 Å². The van der Waals surface area contributed by atoms with Gasteiger partial charge in [0.2, 0.25) is 17.7 Å². The first-order valence-electron chi connectivity index (χ1n) is 14.2. The molecule has 0 aliphatic carbocycles. The second-order valence-corrected chi connectivity index (χ2v) is 10.5. The topological polar surface area (TPSA) is 251 Å². The average Bonchev–Trinajstić information content (AvgIpc) is 3.40. The summed E-state index contributed by atoms with van der Waals surface area (Å²) in [6.07, 6.45) is 0.938. The summed E-state index contributed by atoms with van der Waals surface area (Å²) < 4.78 is 0. The van der Waals surface area contributed by atoms with E-state index in [1.807, 2.05) is 24.3 Å². The standard InChI is InChI=1S/C30H40N8O6/c1-17(39)25(31)28(42)36-22(12-7-13-34-30(32)33)26(40)37-23(15-19-16-35-21-11-6-5-10-20(19)21)27(41)38-24(29(43)44)14-18-8-3-2-4-9-18/h2-6,8-11,16-17,22-25,35,39H,7,12-15,31H2,1H3,(H,36,42)(H,37,40)(H,38,41)(H,43,44)(H4,32,33,34). The van der Waals surface area contributed by atoms with Crippen molar-refractivity contribution in [2.24, 2.45) is 22.2 Å². The monoisotopic (exact) mass is 608 g/mol. The van der Waals surface area contributed by atoms with E-state index in [1.54, 1.807) is 36.5 Å². The van der Waals surface area contributed by atoms with Crippen LogP contribution in [0.15, 0.2) is 65.8 Å². The number of aromatic amines is 1. The number of carboxylic acid groups (broad SMARTS) is 1. The van der Waals surface area contributed by atoms with Crippen LogP contribution in [0.5, 0.6) is 0 Å². The molecular weight excluding hydrogens is 568 g/mol. The Morgan fingerprint density at radius 1 is 0.864 bits per heavy atom. The van der Waals surface area contributed by atoms with E-state index in [-0.39, 0.29) is 38.2 Å². The minimum atomic E-state index is -1.30. The van der Waals surface area contributed by atoms with Crippen molar-refractivity contribution >= 4 is 40.6 Å². The van der Waals surface area contributed by atoms with Crippen LogP contribution in [0.25, 0.3) is 10.9 Å². The highest BCUT2D eigenvalue weighted by Crippen LogP contribution is 2.19. The van der Waals surface area contributed by atoms with E-state index in [0.717, 1.165) is 10.9 Å². The number of aliphatic carboxylic acids is 1. The van der Waals surface area contributed by atoms with Crippen molar-refractivity contribution in [2.75, 3.05) is 6.54 Å². The second kappa shape index (κ2) is 16.0. The maximum atomic E-state index is 13.6. The van der Waals surface area contributed by atoms with Gasteiger partial charge in [0, 0.05) is 36.5 Å². The Morgan fingerprint density at radius 3 is 2.14 bits per heavy atom. The van der Waals surface area contributed by atoms with Crippen molar-refractivity contribution in [1.29, 1.82) is 0 Å². The summed E-state index contributed by atoms with van der Waals surface area (Å²) >= 11 is 0. The van der Waals surface area contributed by atoms with Gasteiger partial charge in [-0.25, -0.2) is 4.79 Å². The number of nitrogens with two attached hydrogens (primary N) is 3. The van der Waals surface area contributed by atoms with Crippen LogP contribution in [0.3, 0.4) is 0 Å². The summed E-state index contributed by atoms with van der Waals surface area (Å²) in [6.45, 7) is 1.51. The lowest BCUT2D eigenvalue weighted by Gasteiger charge is -2.25. The van der Waals surface area contributed by atoms with Crippen LogP contribution in [-0.4, -0.2) is 81.7 Å². The van der Waals surface area contributed by atoms with E-state index >= 15 is 0 Å². The number of carboxylic acids is 1. The molecule has 0 fully saturated rings. The molecule has 236 valence electrons. The number of fused-ring (bicyclic) bond motifs is 1. The predicted molar refractivity (Wildman–Crippen MR) is 165 cm³/mol. The Hall–Kier alpha value is -4.95. The summed E-state index contributed by atoms with van der Waals surface area (Å²) in [5.74, 6) is -3.58. The molecule has 12 N–H and O–H groups in total. The molecule has 14 nitrogen and oxygen atoms in total. The molecule has 3 rings (SSSR count). The van der Waals surface area contributed by atoms with E-state index in [0.29, 0.717) is 11.1 Å². The highest BCUT2D eigenvalue weighted by molar-refractivity contribution is 5.95. The van der Waals surface area contributed by atoms with Gasteiger partial charge in [-0.1, -0.05) is 48.5 Å². The maximum absolute atomic E-state index is 13.6. The molecule has 0 radical (unpaired) electrons. The Kier molecular flexibility index (Phi) is 12.2. The minimum absolute atomic E-state index is 0.0150. The van der Waals surface area contributed by atoms with E-state index in [9.17, 15) is 29.4 Å². The number of rotatable bonds is 16. The number of H-pyrrole nitrogens is 1. The molecule has 3 aromatic rings. The number of nitrogens with zero attached hydrogens (tertiary/aromatic N) is 1. The van der Waals surface area contributed by atoms with Crippen LogP contribution < -0.4 is 33.2 Å².